The first-order valence-corrected chi connectivity index (χ1v) is 9.28. The van der Waals surface area contributed by atoms with E-state index in [4.69, 9.17) is 0 Å². The predicted molar refractivity (Wildman–Crippen MR) is 99.1 cm³/mol. The second kappa shape index (κ2) is 10.5. The van der Waals surface area contributed by atoms with Gasteiger partial charge in [0.1, 0.15) is 0 Å². The summed E-state index contributed by atoms with van der Waals surface area (Å²) in [5, 5.41) is 6.63. The van der Waals surface area contributed by atoms with Gasteiger partial charge in [-0.2, -0.15) is 0 Å². The summed E-state index contributed by atoms with van der Waals surface area (Å²) in [5.41, 5.74) is 0. The van der Waals surface area contributed by atoms with Crippen LogP contribution in [-0.4, -0.2) is 49.6 Å². The summed E-state index contributed by atoms with van der Waals surface area (Å²) in [5.74, 6) is 1.99. The van der Waals surface area contributed by atoms with Gasteiger partial charge >= 0.3 is 0 Å². The van der Waals surface area contributed by atoms with Crippen molar-refractivity contribution in [1.29, 1.82) is 0 Å². The third-order valence-electron chi connectivity index (χ3n) is 5.29. The van der Waals surface area contributed by atoms with Crippen LogP contribution in [-0.2, 0) is 4.79 Å². The van der Waals surface area contributed by atoms with Gasteiger partial charge < -0.3 is 15.5 Å². The van der Waals surface area contributed by atoms with Gasteiger partial charge in [0.25, 0.3) is 0 Å². The third-order valence-corrected chi connectivity index (χ3v) is 5.29. The smallest absolute Gasteiger partial charge is 0.223 e. The summed E-state index contributed by atoms with van der Waals surface area (Å²) < 4.78 is 0. The summed E-state index contributed by atoms with van der Waals surface area (Å²) >= 11 is 0. The molecule has 2 rings (SSSR count). The highest BCUT2D eigenvalue weighted by Crippen LogP contribution is 2.19. The molecule has 0 radical (unpaired) electrons. The van der Waals surface area contributed by atoms with Crippen molar-refractivity contribution in [3.05, 3.63) is 0 Å². The number of halogens is 1. The number of rotatable bonds is 6. The molecule has 0 aromatic heterocycles. The summed E-state index contributed by atoms with van der Waals surface area (Å²) in [4.78, 5) is 14.9. The lowest BCUT2D eigenvalue weighted by atomic mass is 9.91. The van der Waals surface area contributed by atoms with Crippen LogP contribution in [0.2, 0.25) is 0 Å². The number of likely N-dealkylation sites (tertiary alicyclic amines) is 1. The van der Waals surface area contributed by atoms with Gasteiger partial charge in [-0.25, -0.2) is 0 Å². The second-order valence-electron chi connectivity index (χ2n) is 7.79. The van der Waals surface area contributed by atoms with Crippen molar-refractivity contribution in [2.75, 3.05) is 32.7 Å². The molecule has 2 atom stereocenters. The number of nitrogens with zero attached hydrogens (tertiary/aromatic N) is 1. The Balaban J connectivity index is 0.00000264. The van der Waals surface area contributed by atoms with E-state index in [1.165, 1.54) is 38.9 Å². The molecular weight excluding hydrogens is 310 g/mol. The Kier molecular flexibility index (Phi) is 9.48. The molecule has 0 saturated carbocycles. The molecule has 5 heteroatoms. The van der Waals surface area contributed by atoms with Gasteiger partial charge in [-0.1, -0.05) is 13.8 Å². The van der Waals surface area contributed by atoms with E-state index in [0.29, 0.717) is 12.0 Å². The predicted octanol–water partition coefficient (Wildman–Crippen LogP) is 2.67. The first-order chi connectivity index (χ1) is 10.5. The molecule has 0 aromatic carbocycles. The summed E-state index contributed by atoms with van der Waals surface area (Å²) in [6.07, 6.45) is 5.75. The SMILES string of the molecule is CC(C)CCN1CCC(CNC(=O)[C@H]2CCN[C@@H](C)C2)CC1.Cl. The molecular formula is C18H36ClN3O. The van der Waals surface area contributed by atoms with Crippen molar-refractivity contribution < 1.29 is 4.79 Å². The van der Waals surface area contributed by atoms with Gasteiger partial charge in [-0.15, -0.1) is 12.4 Å². The highest BCUT2D eigenvalue weighted by Gasteiger charge is 2.26. The van der Waals surface area contributed by atoms with E-state index in [-0.39, 0.29) is 24.2 Å². The average molecular weight is 346 g/mol. The van der Waals surface area contributed by atoms with Gasteiger partial charge in [0.2, 0.25) is 5.91 Å². The topological polar surface area (TPSA) is 44.4 Å². The molecule has 1 amide bonds. The summed E-state index contributed by atoms with van der Waals surface area (Å²) in [6.45, 7) is 12.3. The zero-order valence-corrected chi connectivity index (χ0v) is 16.0. The Morgan fingerprint density at radius 3 is 2.57 bits per heavy atom. The van der Waals surface area contributed by atoms with Gasteiger partial charge in [0, 0.05) is 18.5 Å². The fraction of sp³-hybridized carbons (Fsp3) is 0.944. The first kappa shape index (κ1) is 20.7. The average Bonchev–Trinajstić information content (AvgIpc) is 2.51. The van der Waals surface area contributed by atoms with Crippen LogP contribution in [0.15, 0.2) is 0 Å². The zero-order valence-electron chi connectivity index (χ0n) is 15.1. The number of carbonyl (C=O) groups excluding carboxylic acids is 1. The zero-order chi connectivity index (χ0) is 15.9. The maximum Gasteiger partial charge on any atom is 0.223 e. The minimum atomic E-state index is 0. The van der Waals surface area contributed by atoms with Crippen LogP contribution >= 0.6 is 12.4 Å². The van der Waals surface area contributed by atoms with Crippen molar-refractivity contribution in [3.8, 4) is 0 Å². The van der Waals surface area contributed by atoms with E-state index >= 15 is 0 Å². The van der Waals surface area contributed by atoms with Crippen molar-refractivity contribution in [2.24, 2.45) is 17.8 Å². The highest BCUT2D eigenvalue weighted by atomic mass is 35.5. The number of piperidine rings is 2. The van der Waals surface area contributed by atoms with Crippen molar-refractivity contribution >= 4 is 18.3 Å². The minimum Gasteiger partial charge on any atom is -0.356 e. The molecule has 0 spiro atoms. The van der Waals surface area contributed by atoms with Crippen molar-refractivity contribution in [3.63, 3.8) is 0 Å². The molecule has 136 valence electrons. The minimum absolute atomic E-state index is 0. The van der Waals surface area contributed by atoms with E-state index in [1.807, 2.05) is 0 Å². The van der Waals surface area contributed by atoms with E-state index in [9.17, 15) is 4.79 Å². The quantitative estimate of drug-likeness (QED) is 0.778. The van der Waals surface area contributed by atoms with Crippen LogP contribution in [0, 0.1) is 17.8 Å². The lowest BCUT2D eigenvalue weighted by Gasteiger charge is -2.33. The number of amides is 1. The van der Waals surface area contributed by atoms with Gasteiger partial charge in [-0.05, 0) is 77.0 Å². The molecule has 2 aliphatic rings. The molecule has 2 heterocycles. The molecule has 2 fully saturated rings. The summed E-state index contributed by atoms with van der Waals surface area (Å²) in [7, 11) is 0. The summed E-state index contributed by atoms with van der Waals surface area (Å²) in [6, 6.07) is 0.480. The van der Waals surface area contributed by atoms with Gasteiger partial charge in [-0.3, -0.25) is 4.79 Å². The van der Waals surface area contributed by atoms with Crippen LogP contribution < -0.4 is 10.6 Å². The maximum absolute atomic E-state index is 12.3. The van der Waals surface area contributed by atoms with Gasteiger partial charge in [0.15, 0.2) is 0 Å². The van der Waals surface area contributed by atoms with Crippen LogP contribution in [0.4, 0.5) is 0 Å². The standard InChI is InChI=1S/C18H35N3O.ClH/c1-14(2)5-9-21-10-6-16(7-11-21)13-20-18(22)17-4-8-19-15(3)12-17;/h14-17,19H,4-13H2,1-3H3,(H,20,22);1H/t15-,17-;/m0./s1. The Labute approximate surface area is 148 Å². The fourth-order valence-corrected chi connectivity index (χ4v) is 3.61. The Bertz CT molecular complexity index is 343. The molecule has 0 unspecified atom stereocenters. The third kappa shape index (κ3) is 7.40. The largest absolute Gasteiger partial charge is 0.356 e. The van der Waals surface area contributed by atoms with Crippen LogP contribution in [0.25, 0.3) is 0 Å². The van der Waals surface area contributed by atoms with Crippen LogP contribution in [0.3, 0.4) is 0 Å². The Morgan fingerprint density at radius 2 is 1.96 bits per heavy atom. The van der Waals surface area contributed by atoms with E-state index in [2.05, 4.69) is 36.3 Å². The Morgan fingerprint density at radius 1 is 1.26 bits per heavy atom. The number of hydrogen-bond donors (Lipinski definition) is 2. The molecule has 0 aromatic rings. The van der Waals surface area contributed by atoms with Crippen LogP contribution in [0.5, 0.6) is 0 Å². The first-order valence-electron chi connectivity index (χ1n) is 9.28. The van der Waals surface area contributed by atoms with Gasteiger partial charge in [0.05, 0.1) is 0 Å². The molecule has 2 N–H and O–H groups in total. The number of carbonyl (C=O) groups is 1. The molecule has 2 aliphatic heterocycles. The lowest BCUT2D eigenvalue weighted by Crippen LogP contribution is -2.44. The van der Waals surface area contributed by atoms with E-state index < -0.39 is 0 Å². The normalized spacial score (nSPS) is 26.8. The van der Waals surface area contributed by atoms with E-state index in [0.717, 1.165) is 31.8 Å². The Hall–Kier alpha value is -0.320. The second-order valence-corrected chi connectivity index (χ2v) is 7.79. The van der Waals surface area contributed by atoms with Crippen molar-refractivity contribution in [2.45, 2.75) is 58.9 Å². The molecule has 0 bridgehead atoms. The molecule has 4 nitrogen and oxygen atoms in total. The highest BCUT2D eigenvalue weighted by molar-refractivity contribution is 5.85. The lowest BCUT2D eigenvalue weighted by molar-refractivity contribution is -0.126. The monoisotopic (exact) mass is 345 g/mol. The maximum atomic E-state index is 12.3. The fourth-order valence-electron chi connectivity index (χ4n) is 3.61. The number of nitrogens with one attached hydrogen (secondary N) is 2. The molecule has 0 aliphatic carbocycles. The molecule has 2 saturated heterocycles. The number of hydrogen-bond acceptors (Lipinski definition) is 3. The van der Waals surface area contributed by atoms with E-state index in [1.54, 1.807) is 0 Å². The van der Waals surface area contributed by atoms with Crippen molar-refractivity contribution in [1.82, 2.24) is 15.5 Å². The van der Waals surface area contributed by atoms with Crippen LogP contribution in [0.1, 0.15) is 52.9 Å². The molecule has 23 heavy (non-hydrogen) atoms.